The number of esters is 1. The number of carbonyl (C=O) groups is 2. The third kappa shape index (κ3) is 6.28. The van der Waals surface area contributed by atoms with Crippen LogP contribution >= 0.6 is 0 Å². The van der Waals surface area contributed by atoms with Gasteiger partial charge in [-0.1, -0.05) is 56.4 Å². The van der Waals surface area contributed by atoms with Gasteiger partial charge in [-0.3, -0.25) is 4.79 Å². The third-order valence-corrected chi connectivity index (χ3v) is 7.89. The molecule has 2 fully saturated rings. The molecule has 0 radical (unpaired) electrons. The van der Waals surface area contributed by atoms with Crippen molar-refractivity contribution in [3.05, 3.63) is 65.2 Å². The maximum Gasteiger partial charge on any atom is 0.337 e. The molecule has 0 spiro atoms. The molecule has 1 N–H and O–H groups in total. The Bertz CT molecular complexity index is 989. The number of methoxy groups -OCH3 is 1. The summed E-state index contributed by atoms with van der Waals surface area (Å²) in [5, 5.41) is 3.21. The molecule has 194 valence electrons. The molecule has 36 heavy (non-hydrogen) atoms. The summed E-state index contributed by atoms with van der Waals surface area (Å²) >= 11 is 0. The van der Waals surface area contributed by atoms with Crippen molar-refractivity contribution < 1.29 is 23.8 Å². The summed E-state index contributed by atoms with van der Waals surface area (Å²) in [6, 6.07) is 15.0. The van der Waals surface area contributed by atoms with Gasteiger partial charge in [-0.25, -0.2) is 4.79 Å². The van der Waals surface area contributed by atoms with Crippen molar-refractivity contribution >= 4 is 11.9 Å². The van der Waals surface area contributed by atoms with Gasteiger partial charge in [0.25, 0.3) is 0 Å². The van der Waals surface area contributed by atoms with Crippen LogP contribution in [0.15, 0.2) is 48.5 Å². The van der Waals surface area contributed by atoms with Gasteiger partial charge in [0.1, 0.15) is 5.75 Å². The largest absolute Gasteiger partial charge is 0.494 e. The molecule has 0 unspecified atom stereocenters. The van der Waals surface area contributed by atoms with Crippen LogP contribution in [0.4, 0.5) is 0 Å². The fraction of sp³-hybridized carbons (Fsp3) is 0.533. The monoisotopic (exact) mass is 493 g/mol. The molecule has 1 saturated heterocycles. The van der Waals surface area contributed by atoms with Crippen molar-refractivity contribution in [2.24, 2.45) is 5.92 Å². The normalized spacial score (nSPS) is 18.7. The van der Waals surface area contributed by atoms with Crippen molar-refractivity contribution in [3.63, 3.8) is 0 Å². The van der Waals surface area contributed by atoms with E-state index in [-0.39, 0.29) is 17.9 Å². The van der Waals surface area contributed by atoms with Gasteiger partial charge in [0.05, 0.1) is 30.7 Å². The van der Waals surface area contributed by atoms with Crippen LogP contribution in [0.5, 0.6) is 5.75 Å². The number of carbonyl (C=O) groups excluding carboxylic acids is 2. The van der Waals surface area contributed by atoms with Crippen LogP contribution in [0.2, 0.25) is 0 Å². The van der Waals surface area contributed by atoms with Crippen LogP contribution in [-0.2, 0) is 19.7 Å². The summed E-state index contributed by atoms with van der Waals surface area (Å²) in [5.41, 5.74) is 1.77. The highest BCUT2D eigenvalue weighted by atomic mass is 16.5. The maximum atomic E-state index is 13.7. The Morgan fingerprint density at radius 3 is 2.31 bits per heavy atom. The molecule has 1 atom stereocenters. The second kappa shape index (κ2) is 12.4. The van der Waals surface area contributed by atoms with Crippen LogP contribution in [-0.4, -0.2) is 38.8 Å². The van der Waals surface area contributed by atoms with E-state index < -0.39 is 5.41 Å². The zero-order valence-corrected chi connectivity index (χ0v) is 21.6. The molecule has 2 aliphatic rings. The van der Waals surface area contributed by atoms with Crippen molar-refractivity contribution in [2.75, 3.05) is 26.9 Å². The molecule has 1 heterocycles. The quantitative estimate of drug-likeness (QED) is 0.451. The molecule has 1 saturated carbocycles. The van der Waals surface area contributed by atoms with Crippen molar-refractivity contribution in [2.45, 2.75) is 69.7 Å². The van der Waals surface area contributed by atoms with E-state index in [0.29, 0.717) is 31.6 Å². The molecule has 6 heteroatoms. The Morgan fingerprint density at radius 1 is 1.00 bits per heavy atom. The van der Waals surface area contributed by atoms with Crippen molar-refractivity contribution in [1.82, 2.24) is 5.32 Å². The van der Waals surface area contributed by atoms with Crippen molar-refractivity contribution in [1.29, 1.82) is 0 Å². The molecule has 1 aliphatic carbocycles. The first kappa shape index (κ1) is 26.2. The van der Waals surface area contributed by atoms with Crippen LogP contribution in [0.3, 0.4) is 0 Å². The minimum absolute atomic E-state index is 0.00121. The highest BCUT2D eigenvalue weighted by Crippen LogP contribution is 2.37. The Labute approximate surface area is 214 Å². The summed E-state index contributed by atoms with van der Waals surface area (Å²) in [6.07, 6.45) is 9.12. The van der Waals surface area contributed by atoms with E-state index in [0.717, 1.165) is 35.8 Å². The van der Waals surface area contributed by atoms with E-state index in [1.807, 2.05) is 43.3 Å². The number of nitrogens with one attached hydrogen (secondary N) is 1. The maximum absolute atomic E-state index is 13.7. The molecule has 2 aromatic carbocycles. The topological polar surface area (TPSA) is 73.9 Å². The van der Waals surface area contributed by atoms with Gasteiger partial charge in [-0.2, -0.15) is 0 Å². The van der Waals surface area contributed by atoms with Crippen molar-refractivity contribution in [3.8, 4) is 5.75 Å². The Balaban J connectivity index is 1.40. The van der Waals surface area contributed by atoms with Gasteiger partial charge in [0.2, 0.25) is 5.91 Å². The average Bonchev–Trinajstić information content (AvgIpc) is 2.94. The second-order valence-electron chi connectivity index (χ2n) is 10.2. The first-order chi connectivity index (χ1) is 17.5. The predicted octanol–water partition coefficient (Wildman–Crippen LogP) is 5.75. The lowest BCUT2D eigenvalue weighted by atomic mass is 9.73. The minimum Gasteiger partial charge on any atom is -0.494 e. The van der Waals surface area contributed by atoms with Gasteiger partial charge in [-0.05, 0) is 67.5 Å². The fourth-order valence-corrected chi connectivity index (χ4v) is 5.50. The number of rotatable bonds is 9. The summed E-state index contributed by atoms with van der Waals surface area (Å²) in [4.78, 5) is 25.4. The predicted molar refractivity (Wildman–Crippen MR) is 139 cm³/mol. The van der Waals surface area contributed by atoms with E-state index in [4.69, 9.17) is 14.2 Å². The van der Waals surface area contributed by atoms with Gasteiger partial charge in [-0.15, -0.1) is 0 Å². The van der Waals surface area contributed by atoms with Gasteiger partial charge in [0, 0.05) is 13.2 Å². The highest BCUT2D eigenvalue weighted by Gasteiger charge is 2.42. The number of benzene rings is 2. The van der Waals surface area contributed by atoms with E-state index >= 15 is 0 Å². The molecule has 1 amide bonds. The third-order valence-electron chi connectivity index (χ3n) is 7.89. The lowest BCUT2D eigenvalue weighted by Crippen LogP contribution is -2.48. The Kier molecular flexibility index (Phi) is 9.03. The molecule has 2 aromatic rings. The molecule has 0 bridgehead atoms. The number of hydrogen-bond acceptors (Lipinski definition) is 5. The molecular weight excluding hydrogens is 454 g/mol. The molecular formula is C30H39NO5. The standard InChI is InChI=1S/C30H39NO5/c1-22(24-8-10-25(11-9-24)28(32)34-2)31-29(33)30(17-20-35-21-18-30)26-12-14-27(15-13-26)36-19-16-23-6-4-3-5-7-23/h8-15,22-23H,3-7,16-21H2,1-2H3,(H,31,33)/t22-/m0/s1. The molecule has 0 aromatic heterocycles. The number of amides is 1. The van der Waals surface area contributed by atoms with E-state index in [2.05, 4.69) is 5.32 Å². The van der Waals surface area contributed by atoms with Gasteiger partial charge < -0.3 is 19.5 Å². The van der Waals surface area contributed by atoms with Crippen LogP contribution in [0.1, 0.15) is 85.8 Å². The minimum atomic E-state index is -0.640. The molecule has 1 aliphatic heterocycles. The lowest BCUT2D eigenvalue weighted by molar-refractivity contribution is -0.131. The van der Waals surface area contributed by atoms with Gasteiger partial charge >= 0.3 is 5.97 Å². The lowest BCUT2D eigenvalue weighted by Gasteiger charge is -2.37. The summed E-state index contributed by atoms with van der Waals surface area (Å²) < 4.78 is 16.4. The smallest absolute Gasteiger partial charge is 0.337 e. The first-order valence-corrected chi connectivity index (χ1v) is 13.3. The number of ether oxygens (including phenoxy) is 3. The molecule has 4 rings (SSSR count). The Hall–Kier alpha value is -2.86. The molecule has 6 nitrogen and oxygen atoms in total. The summed E-state index contributed by atoms with van der Waals surface area (Å²) in [5.74, 6) is 1.28. The van der Waals surface area contributed by atoms with E-state index in [1.165, 1.54) is 39.2 Å². The summed E-state index contributed by atoms with van der Waals surface area (Å²) in [7, 11) is 1.36. The first-order valence-electron chi connectivity index (χ1n) is 13.3. The number of hydrogen-bond donors (Lipinski definition) is 1. The highest BCUT2D eigenvalue weighted by molar-refractivity contribution is 5.90. The Morgan fingerprint density at radius 2 is 1.67 bits per heavy atom. The van der Waals surface area contributed by atoms with Crippen LogP contribution in [0, 0.1) is 5.92 Å². The fourth-order valence-electron chi connectivity index (χ4n) is 5.50. The van der Waals surface area contributed by atoms with Crippen LogP contribution in [0.25, 0.3) is 0 Å². The second-order valence-corrected chi connectivity index (χ2v) is 10.2. The summed E-state index contributed by atoms with van der Waals surface area (Å²) in [6.45, 7) is 3.81. The zero-order valence-electron chi connectivity index (χ0n) is 21.6. The average molecular weight is 494 g/mol. The van der Waals surface area contributed by atoms with Crippen LogP contribution < -0.4 is 10.1 Å². The zero-order chi connectivity index (χ0) is 25.4. The van der Waals surface area contributed by atoms with Gasteiger partial charge in [0.15, 0.2) is 0 Å². The van der Waals surface area contributed by atoms with E-state index in [9.17, 15) is 9.59 Å². The SMILES string of the molecule is COC(=O)c1ccc([C@H](C)NC(=O)C2(c3ccc(OCCC4CCCCC4)cc3)CCOCC2)cc1. The van der Waals surface area contributed by atoms with E-state index in [1.54, 1.807) is 12.1 Å².